The Morgan fingerprint density at radius 1 is 1.09 bits per heavy atom. The molecule has 0 spiro atoms. The maximum Gasteiger partial charge on any atom is 1.00 e. The van der Waals surface area contributed by atoms with E-state index in [2.05, 4.69) is 16.6 Å². The molecule has 0 aromatic heterocycles. The van der Waals surface area contributed by atoms with Gasteiger partial charge in [-0.2, -0.15) is 12.2 Å². The zero-order chi connectivity index (χ0) is 22.8. The minimum Gasteiger partial charge on any atom is -0.330 e. The van der Waals surface area contributed by atoms with E-state index in [4.69, 9.17) is 17.5 Å². The van der Waals surface area contributed by atoms with Crippen LogP contribution in [0.3, 0.4) is 0 Å². The van der Waals surface area contributed by atoms with E-state index in [9.17, 15) is 19.2 Å². The summed E-state index contributed by atoms with van der Waals surface area (Å²) in [7, 11) is -3.11. The molecule has 0 saturated carbocycles. The predicted molar refractivity (Wildman–Crippen MR) is 105 cm³/mol. The van der Waals surface area contributed by atoms with Crippen molar-refractivity contribution < 1.29 is 66.2 Å². The van der Waals surface area contributed by atoms with Gasteiger partial charge >= 0.3 is 46.1 Å². The Morgan fingerprint density at radius 3 is 2.25 bits per heavy atom. The van der Waals surface area contributed by atoms with Crippen LogP contribution < -0.4 is 35.0 Å². The van der Waals surface area contributed by atoms with Gasteiger partial charge in [0.1, 0.15) is 0 Å². The average molecular weight is 469 g/mol. The van der Waals surface area contributed by atoms with Crippen LogP contribution in [0, 0.1) is 6.08 Å². The van der Waals surface area contributed by atoms with Crippen molar-refractivity contribution in [1.82, 2.24) is 5.06 Å². The third kappa shape index (κ3) is 9.06. The van der Waals surface area contributed by atoms with Crippen LogP contribution in [0.1, 0.15) is 24.8 Å². The van der Waals surface area contributed by atoms with E-state index in [1.807, 2.05) is 0 Å². The molecule has 1 aliphatic heterocycles. The summed E-state index contributed by atoms with van der Waals surface area (Å²) < 4.78 is 25.3. The first-order valence-corrected chi connectivity index (χ1v) is 9.82. The molecule has 11 nitrogen and oxygen atoms in total. The van der Waals surface area contributed by atoms with Gasteiger partial charge in [-0.25, -0.2) is 9.90 Å². The monoisotopic (exact) mass is 469 g/mol. The number of rotatable bonds is 6. The Balaban J connectivity index is 0.000000945. The molecule has 0 unspecified atom stereocenters. The van der Waals surface area contributed by atoms with Gasteiger partial charge in [-0.15, -0.1) is 29.8 Å². The number of amides is 2. The summed E-state index contributed by atoms with van der Waals surface area (Å²) in [5.41, 5.74) is 4.59. The molecule has 0 bridgehead atoms. The van der Waals surface area contributed by atoms with E-state index in [0.717, 1.165) is 5.56 Å². The number of nitrogens with one attached hydrogen (secondary N) is 1. The van der Waals surface area contributed by atoms with Gasteiger partial charge in [-0.1, -0.05) is 12.1 Å². The second-order valence-electron chi connectivity index (χ2n) is 6.06. The maximum absolute atomic E-state index is 11.8. The number of anilines is 1. The molecule has 0 radical (unpaired) electrons. The number of allylic oxidation sites excluding steroid dienone is 4. The van der Waals surface area contributed by atoms with Gasteiger partial charge in [0.25, 0.3) is 11.8 Å². The Kier molecular flexibility index (Phi) is 11.4. The maximum atomic E-state index is 11.8. The molecule has 1 fully saturated rings. The molecule has 1 aromatic carbocycles. The average Bonchev–Trinajstić information content (AvgIpc) is 3.04. The number of carbonyl (C=O) groups excluding carboxylic acids is 4. The van der Waals surface area contributed by atoms with Gasteiger partial charge in [-0.05, 0) is 24.1 Å². The van der Waals surface area contributed by atoms with Gasteiger partial charge in [0.15, 0.2) is 0 Å². The van der Waals surface area contributed by atoms with Crippen molar-refractivity contribution in [2.45, 2.75) is 25.7 Å². The molecule has 0 atom stereocenters. The van der Waals surface area contributed by atoms with Crippen LogP contribution in [-0.2, 0) is 41.0 Å². The summed E-state index contributed by atoms with van der Waals surface area (Å²) in [6.45, 7) is 0. The fraction of sp³-hybridized carbons (Fsp3) is 0.211. The fourth-order valence-electron chi connectivity index (χ4n) is 2.42. The van der Waals surface area contributed by atoms with Crippen molar-refractivity contribution >= 4 is 45.6 Å². The molecular formula is C19H16N3NaO8S. The van der Waals surface area contributed by atoms with E-state index in [0.29, 0.717) is 17.2 Å². The van der Waals surface area contributed by atoms with Crippen LogP contribution >= 0.6 is 0 Å². The van der Waals surface area contributed by atoms with Crippen molar-refractivity contribution in [2.24, 2.45) is 5.10 Å². The van der Waals surface area contributed by atoms with Crippen LogP contribution in [0.15, 0.2) is 47.6 Å². The van der Waals surface area contributed by atoms with Gasteiger partial charge in [0, 0.05) is 18.6 Å². The molecule has 13 heteroatoms. The van der Waals surface area contributed by atoms with E-state index in [-0.39, 0.29) is 60.3 Å². The predicted octanol–water partition coefficient (Wildman–Crippen LogP) is -2.51. The smallest absolute Gasteiger partial charge is 0.330 e. The van der Waals surface area contributed by atoms with Crippen molar-refractivity contribution in [3.05, 3.63) is 54.1 Å². The Hall–Kier alpha value is -2.93. The Bertz CT molecular complexity index is 1060. The zero-order valence-corrected chi connectivity index (χ0v) is 19.8. The van der Waals surface area contributed by atoms with Crippen LogP contribution in [0.2, 0.25) is 0 Å². The molecule has 2 amide bonds. The second-order valence-corrected chi connectivity index (χ2v) is 6.47. The number of benzene rings is 1. The Labute approximate surface area is 206 Å². The van der Waals surface area contributed by atoms with E-state index < -0.39 is 28.4 Å². The van der Waals surface area contributed by atoms with E-state index >= 15 is 0 Å². The van der Waals surface area contributed by atoms with Crippen molar-refractivity contribution in [3.63, 3.8) is 0 Å². The largest absolute Gasteiger partial charge is 1.00 e. The normalized spacial score (nSPS) is 15.7. The number of hydrazone groups is 1. The van der Waals surface area contributed by atoms with Gasteiger partial charge < -0.3 is 9.63 Å². The molecule has 1 N–H and O–H groups in total. The SMILES string of the molecule is O=C(CCc1ccc(NN=C2C=[C-]C=CC2=O)cc1)ON1C(=O)CCC1=O.O=S(=O)=O.[Na+]. The van der Waals surface area contributed by atoms with E-state index in [1.165, 1.54) is 18.2 Å². The molecule has 1 saturated heterocycles. The van der Waals surface area contributed by atoms with Crippen LogP contribution in [0.25, 0.3) is 0 Å². The summed E-state index contributed by atoms with van der Waals surface area (Å²) in [4.78, 5) is 51.0. The zero-order valence-electron chi connectivity index (χ0n) is 16.9. The molecule has 162 valence electrons. The van der Waals surface area contributed by atoms with Crippen LogP contribution in [-0.4, -0.2) is 47.0 Å². The third-order valence-corrected chi connectivity index (χ3v) is 3.88. The molecule has 1 aliphatic carbocycles. The first-order valence-electron chi connectivity index (χ1n) is 8.82. The molecular weight excluding hydrogens is 453 g/mol. The van der Waals surface area contributed by atoms with Gasteiger partial charge in [0.05, 0.1) is 17.9 Å². The summed E-state index contributed by atoms with van der Waals surface area (Å²) in [5, 5.41) is 4.56. The summed E-state index contributed by atoms with van der Waals surface area (Å²) in [6.07, 6.45) is 7.75. The van der Waals surface area contributed by atoms with Crippen LogP contribution in [0.4, 0.5) is 5.69 Å². The first kappa shape index (κ1) is 27.1. The van der Waals surface area contributed by atoms with Gasteiger partial charge in [0.2, 0.25) is 0 Å². The summed E-state index contributed by atoms with van der Waals surface area (Å²) in [5.74, 6) is -1.83. The first-order chi connectivity index (χ1) is 14.8. The van der Waals surface area contributed by atoms with Crippen molar-refractivity contribution in [3.8, 4) is 0 Å². The minimum absolute atomic E-state index is 0. The summed E-state index contributed by atoms with van der Waals surface area (Å²) in [6, 6.07) is 7.11. The quantitative estimate of drug-likeness (QED) is 0.156. The van der Waals surface area contributed by atoms with Crippen LogP contribution in [0.5, 0.6) is 0 Å². The molecule has 1 heterocycles. The molecule has 3 rings (SSSR count). The fourth-order valence-corrected chi connectivity index (χ4v) is 2.42. The number of carbonyl (C=O) groups is 4. The number of hydrogen-bond acceptors (Lipinski definition) is 10. The molecule has 1 aromatic rings. The standard InChI is InChI=1S/C19H16N3O5.Na.O3S/c23-16-4-2-1-3-15(16)21-20-14-8-5-13(6-9-14)7-12-19(26)27-22-17(24)10-11-18(22)25;;1-4(2)3/h2-6,8-9,20H,7,10-12H2;;/q-1;+1;. The minimum atomic E-state index is -3.11. The number of hydrogen-bond donors (Lipinski definition) is 1. The molecule has 32 heavy (non-hydrogen) atoms. The molecule has 2 aliphatic rings. The van der Waals surface area contributed by atoms with Gasteiger partial charge in [-0.3, -0.25) is 15.0 Å². The van der Waals surface area contributed by atoms with Crippen molar-refractivity contribution in [1.29, 1.82) is 0 Å². The Morgan fingerprint density at radius 2 is 1.69 bits per heavy atom. The second kappa shape index (κ2) is 13.5. The van der Waals surface area contributed by atoms with Crippen molar-refractivity contribution in [2.75, 3.05) is 5.43 Å². The third-order valence-electron chi connectivity index (χ3n) is 3.88. The topological polar surface area (TPSA) is 156 Å². The number of ketones is 1. The number of hydroxylamine groups is 2. The summed E-state index contributed by atoms with van der Waals surface area (Å²) >= 11 is 0. The number of imide groups is 1. The number of aryl methyl sites for hydroxylation is 1. The van der Waals surface area contributed by atoms with E-state index in [1.54, 1.807) is 24.3 Å². The number of nitrogens with zero attached hydrogens (tertiary/aromatic N) is 2.